The second kappa shape index (κ2) is 5.98. The van der Waals surface area contributed by atoms with Crippen LogP contribution in [0.15, 0.2) is 10.5 Å². The van der Waals surface area contributed by atoms with Crippen molar-refractivity contribution in [2.75, 3.05) is 6.61 Å². The van der Waals surface area contributed by atoms with Gasteiger partial charge in [-0.25, -0.2) is 9.67 Å². The van der Waals surface area contributed by atoms with Crippen molar-refractivity contribution in [1.82, 2.24) is 25.2 Å². The lowest BCUT2D eigenvalue weighted by Crippen LogP contribution is -2.11. The van der Waals surface area contributed by atoms with Gasteiger partial charge in [0.1, 0.15) is 5.01 Å². The molecule has 2 aromatic rings. The minimum absolute atomic E-state index is 0.0318. The monoisotopic (exact) mass is 299 g/mol. The third-order valence-electron chi connectivity index (χ3n) is 2.46. The van der Waals surface area contributed by atoms with E-state index in [-0.39, 0.29) is 12.0 Å². The number of rotatable bonds is 5. The number of aliphatic hydroxyl groups is 1. The Balaban J connectivity index is 1.99. The maximum absolute atomic E-state index is 8.90. The Kier molecular flexibility index (Phi) is 4.54. The van der Waals surface area contributed by atoms with Crippen molar-refractivity contribution in [3.05, 3.63) is 16.1 Å². The highest BCUT2D eigenvalue weighted by Gasteiger charge is 2.17. The number of thiazole rings is 1. The van der Waals surface area contributed by atoms with Gasteiger partial charge in [0.2, 0.25) is 5.16 Å². The molecule has 0 fully saturated rings. The highest BCUT2D eigenvalue weighted by Crippen LogP contribution is 2.27. The molecule has 0 aliphatic carbocycles. The fraction of sp³-hybridized carbons (Fsp3) is 0.636. The van der Waals surface area contributed by atoms with Crippen molar-refractivity contribution in [2.24, 2.45) is 0 Å². The molecular weight excluding hydrogens is 282 g/mol. The first-order valence-electron chi connectivity index (χ1n) is 5.95. The molecule has 0 amide bonds. The van der Waals surface area contributed by atoms with E-state index in [4.69, 9.17) is 5.11 Å². The maximum Gasteiger partial charge on any atom is 0.209 e. The maximum atomic E-state index is 8.90. The molecule has 0 atom stereocenters. The Hall–Kier alpha value is -0.990. The second-order valence-corrected chi connectivity index (χ2v) is 6.96. The molecule has 2 rings (SSSR count). The quantitative estimate of drug-likeness (QED) is 0.847. The number of aliphatic hydroxyl groups excluding tert-OH is 1. The second-order valence-electron chi connectivity index (χ2n) is 5.07. The summed E-state index contributed by atoms with van der Waals surface area (Å²) in [5.41, 5.74) is 1.20. The van der Waals surface area contributed by atoms with Crippen molar-refractivity contribution in [1.29, 1.82) is 0 Å². The number of thioether (sulfide) groups is 1. The zero-order chi connectivity index (χ0) is 13.9. The van der Waals surface area contributed by atoms with E-state index < -0.39 is 0 Å². The van der Waals surface area contributed by atoms with Gasteiger partial charge in [0.05, 0.1) is 24.6 Å². The van der Waals surface area contributed by atoms with Crippen molar-refractivity contribution in [3.8, 4) is 0 Å². The molecule has 0 radical (unpaired) electrons. The van der Waals surface area contributed by atoms with Gasteiger partial charge in [-0.15, -0.1) is 16.4 Å². The third kappa shape index (κ3) is 3.74. The molecule has 0 bridgehead atoms. The van der Waals surface area contributed by atoms with Gasteiger partial charge in [-0.05, 0) is 10.4 Å². The van der Waals surface area contributed by atoms with E-state index in [9.17, 15) is 0 Å². The molecule has 0 unspecified atom stereocenters. The molecule has 0 spiro atoms. The van der Waals surface area contributed by atoms with E-state index in [1.165, 1.54) is 11.8 Å². The van der Waals surface area contributed by atoms with Crippen LogP contribution in [0.3, 0.4) is 0 Å². The molecule has 2 heterocycles. The summed E-state index contributed by atoms with van der Waals surface area (Å²) in [6.45, 7) is 6.91. The SMILES string of the molecule is CC(C)(C)c1csc(CSc2nnnn2CCO)n1. The lowest BCUT2D eigenvalue weighted by Gasteiger charge is -2.14. The van der Waals surface area contributed by atoms with Crippen LogP contribution in [-0.2, 0) is 17.7 Å². The van der Waals surface area contributed by atoms with E-state index in [1.54, 1.807) is 16.0 Å². The molecular formula is C11H17N5OS2. The summed E-state index contributed by atoms with van der Waals surface area (Å²) in [6.07, 6.45) is 0. The fourth-order valence-electron chi connectivity index (χ4n) is 1.38. The van der Waals surface area contributed by atoms with Crippen LogP contribution in [-0.4, -0.2) is 36.9 Å². The summed E-state index contributed by atoms with van der Waals surface area (Å²) in [7, 11) is 0. The zero-order valence-electron chi connectivity index (χ0n) is 11.2. The molecule has 0 aromatic carbocycles. The number of hydrogen-bond donors (Lipinski definition) is 1. The molecule has 0 aliphatic heterocycles. The van der Waals surface area contributed by atoms with Crippen LogP contribution >= 0.6 is 23.1 Å². The Bertz CT molecular complexity index is 531. The van der Waals surface area contributed by atoms with Gasteiger partial charge in [0, 0.05) is 10.8 Å². The summed E-state index contributed by atoms with van der Waals surface area (Å²) in [6, 6.07) is 0. The van der Waals surface area contributed by atoms with Crippen molar-refractivity contribution in [3.63, 3.8) is 0 Å². The van der Waals surface area contributed by atoms with Gasteiger partial charge in [0.15, 0.2) is 0 Å². The largest absolute Gasteiger partial charge is 0.394 e. The average Bonchev–Trinajstić information content (AvgIpc) is 2.94. The third-order valence-corrected chi connectivity index (χ3v) is 4.46. The van der Waals surface area contributed by atoms with E-state index >= 15 is 0 Å². The fourth-order valence-corrected chi connectivity index (χ4v) is 3.32. The van der Waals surface area contributed by atoms with Gasteiger partial charge in [-0.3, -0.25) is 0 Å². The predicted molar refractivity (Wildman–Crippen MR) is 75.3 cm³/mol. The number of tetrazole rings is 1. The van der Waals surface area contributed by atoms with Gasteiger partial charge in [0.25, 0.3) is 0 Å². The molecule has 6 nitrogen and oxygen atoms in total. The molecule has 0 aliphatic rings. The van der Waals surface area contributed by atoms with Crippen LogP contribution in [0.25, 0.3) is 0 Å². The van der Waals surface area contributed by atoms with E-state index in [0.29, 0.717) is 11.7 Å². The Morgan fingerprint density at radius 2 is 2.21 bits per heavy atom. The predicted octanol–water partition coefficient (Wildman–Crippen LogP) is 1.71. The summed E-state index contributed by atoms with van der Waals surface area (Å²) in [5.74, 6) is 0.743. The van der Waals surface area contributed by atoms with E-state index in [1.807, 2.05) is 0 Å². The van der Waals surface area contributed by atoms with E-state index in [0.717, 1.165) is 16.5 Å². The van der Waals surface area contributed by atoms with Gasteiger partial charge >= 0.3 is 0 Å². The number of aromatic nitrogens is 5. The topological polar surface area (TPSA) is 76.7 Å². The zero-order valence-corrected chi connectivity index (χ0v) is 12.8. The summed E-state index contributed by atoms with van der Waals surface area (Å²) in [5, 5.41) is 24.1. The van der Waals surface area contributed by atoms with Gasteiger partial charge in [-0.1, -0.05) is 32.5 Å². The van der Waals surface area contributed by atoms with Crippen LogP contribution in [0.4, 0.5) is 0 Å². The molecule has 2 aromatic heterocycles. The molecule has 0 saturated heterocycles. The first-order chi connectivity index (χ1) is 9.00. The molecule has 104 valence electrons. The van der Waals surface area contributed by atoms with Gasteiger partial charge < -0.3 is 5.11 Å². The van der Waals surface area contributed by atoms with Crippen LogP contribution in [0.1, 0.15) is 31.5 Å². The molecule has 8 heteroatoms. The highest BCUT2D eigenvalue weighted by molar-refractivity contribution is 7.98. The van der Waals surface area contributed by atoms with Crippen LogP contribution in [0, 0.1) is 0 Å². The van der Waals surface area contributed by atoms with Crippen molar-refractivity contribution in [2.45, 2.75) is 43.6 Å². The number of nitrogens with zero attached hydrogens (tertiary/aromatic N) is 5. The van der Waals surface area contributed by atoms with Crippen LogP contribution in [0.2, 0.25) is 0 Å². The molecule has 0 saturated carbocycles. The minimum Gasteiger partial charge on any atom is -0.394 e. The smallest absolute Gasteiger partial charge is 0.209 e. The average molecular weight is 299 g/mol. The Morgan fingerprint density at radius 3 is 2.84 bits per heavy atom. The standard InChI is InChI=1S/C11H17N5OS2/c1-11(2,3)8-6-18-9(12-8)7-19-10-13-14-15-16(10)4-5-17/h6,17H,4-5,7H2,1-3H3. The summed E-state index contributed by atoms with van der Waals surface area (Å²) < 4.78 is 1.60. The summed E-state index contributed by atoms with van der Waals surface area (Å²) >= 11 is 3.19. The Labute approximate surface area is 120 Å². The molecule has 1 N–H and O–H groups in total. The highest BCUT2D eigenvalue weighted by atomic mass is 32.2. The Morgan fingerprint density at radius 1 is 1.42 bits per heavy atom. The van der Waals surface area contributed by atoms with E-state index in [2.05, 4.69) is 46.7 Å². The first-order valence-corrected chi connectivity index (χ1v) is 7.82. The summed E-state index contributed by atoms with van der Waals surface area (Å²) in [4.78, 5) is 4.63. The van der Waals surface area contributed by atoms with Crippen LogP contribution < -0.4 is 0 Å². The molecule has 19 heavy (non-hydrogen) atoms. The lowest BCUT2D eigenvalue weighted by atomic mass is 9.93. The lowest BCUT2D eigenvalue weighted by molar-refractivity contribution is 0.262. The van der Waals surface area contributed by atoms with Crippen LogP contribution in [0.5, 0.6) is 0 Å². The van der Waals surface area contributed by atoms with Crippen molar-refractivity contribution >= 4 is 23.1 Å². The van der Waals surface area contributed by atoms with Gasteiger partial charge in [-0.2, -0.15) is 0 Å². The van der Waals surface area contributed by atoms with Crippen molar-refractivity contribution < 1.29 is 5.11 Å². The first kappa shape index (κ1) is 14.4. The minimum atomic E-state index is 0.0318. The number of hydrogen-bond acceptors (Lipinski definition) is 7. The normalized spacial score (nSPS) is 12.0.